The van der Waals surface area contributed by atoms with Crippen LogP contribution in [0.4, 0.5) is 17.1 Å². The Bertz CT molecular complexity index is 2470. The van der Waals surface area contributed by atoms with Gasteiger partial charge in [0.15, 0.2) is 0 Å². The Morgan fingerprint density at radius 2 is 1.02 bits per heavy atom. The van der Waals surface area contributed by atoms with Crippen LogP contribution >= 0.6 is 0 Å². The van der Waals surface area contributed by atoms with Gasteiger partial charge in [-0.1, -0.05) is 109 Å². The molecule has 0 N–H and O–H groups in total. The van der Waals surface area contributed by atoms with E-state index in [0.29, 0.717) is 0 Å². The average molecular weight is 536 g/mol. The van der Waals surface area contributed by atoms with Crippen molar-refractivity contribution in [3.05, 3.63) is 152 Å². The second-order valence-corrected chi connectivity index (χ2v) is 10.9. The topological polar surface area (TPSA) is 16.4 Å². The predicted molar refractivity (Wildman–Crippen MR) is 178 cm³/mol. The summed E-state index contributed by atoms with van der Waals surface area (Å²) in [5.74, 6) is 0. The Labute approximate surface area is 242 Å². The fraction of sp³-hybridized carbons (Fsp3) is 0. The maximum absolute atomic E-state index is 6.46. The summed E-state index contributed by atoms with van der Waals surface area (Å²) < 4.78 is 6.46. The highest BCUT2D eigenvalue weighted by atomic mass is 16.3. The first kappa shape index (κ1) is 23.1. The number of furan rings is 1. The van der Waals surface area contributed by atoms with Crippen LogP contribution in [0.25, 0.3) is 65.0 Å². The van der Waals surface area contributed by atoms with Crippen molar-refractivity contribution >= 4 is 82.1 Å². The van der Waals surface area contributed by atoms with Gasteiger partial charge >= 0.3 is 0 Å². The molecule has 0 bridgehead atoms. The number of para-hydroxylation sites is 2. The van der Waals surface area contributed by atoms with E-state index in [4.69, 9.17) is 4.42 Å². The minimum absolute atomic E-state index is 0.915. The molecule has 0 saturated heterocycles. The number of benzene rings is 8. The summed E-state index contributed by atoms with van der Waals surface area (Å²) in [6.45, 7) is 0. The van der Waals surface area contributed by atoms with Crippen LogP contribution < -0.4 is 4.90 Å². The van der Waals surface area contributed by atoms with Crippen LogP contribution in [0.15, 0.2) is 156 Å². The molecule has 42 heavy (non-hydrogen) atoms. The first-order valence-electron chi connectivity index (χ1n) is 14.4. The summed E-state index contributed by atoms with van der Waals surface area (Å²) in [5.41, 5.74) is 5.19. The van der Waals surface area contributed by atoms with Gasteiger partial charge in [-0.3, -0.25) is 0 Å². The Kier molecular flexibility index (Phi) is 4.93. The van der Waals surface area contributed by atoms with Crippen molar-refractivity contribution < 1.29 is 4.42 Å². The van der Waals surface area contributed by atoms with Crippen LogP contribution in [0.3, 0.4) is 0 Å². The lowest BCUT2D eigenvalue weighted by atomic mass is 9.94. The zero-order valence-electron chi connectivity index (χ0n) is 22.8. The van der Waals surface area contributed by atoms with Crippen LogP contribution in [0.5, 0.6) is 0 Å². The van der Waals surface area contributed by atoms with Crippen molar-refractivity contribution in [3.8, 4) is 0 Å². The zero-order valence-corrected chi connectivity index (χ0v) is 22.8. The fourth-order valence-electron chi connectivity index (χ4n) is 6.68. The van der Waals surface area contributed by atoms with Crippen LogP contribution in [0.2, 0.25) is 0 Å². The molecule has 9 aromatic rings. The highest BCUT2D eigenvalue weighted by molar-refractivity contribution is 6.24. The number of rotatable bonds is 3. The van der Waals surface area contributed by atoms with Crippen molar-refractivity contribution in [2.45, 2.75) is 0 Å². The van der Waals surface area contributed by atoms with Gasteiger partial charge in [-0.15, -0.1) is 0 Å². The second kappa shape index (κ2) is 8.95. The maximum atomic E-state index is 6.46. The molecule has 1 heterocycles. The largest absolute Gasteiger partial charge is 0.455 e. The van der Waals surface area contributed by atoms with Gasteiger partial charge in [0, 0.05) is 32.9 Å². The van der Waals surface area contributed by atoms with Crippen LogP contribution in [-0.2, 0) is 0 Å². The molecule has 0 unspecified atom stereocenters. The highest BCUT2D eigenvalue weighted by Crippen LogP contribution is 2.45. The van der Waals surface area contributed by atoms with E-state index in [1.807, 2.05) is 12.1 Å². The summed E-state index contributed by atoms with van der Waals surface area (Å²) in [7, 11) is 0. The number of fused-ring (bicyclic) bond motifs is 10. The zero-order chi connectivity index (χ0) is 27.6. The average Bonchev–Trinajstić information content (AvgIpc) is 3.44. The Balaban J connectivity index is 1.37. The minimum Gasteiger partial charge on any atom is -0.455 e. The molecule has 0 radical (unpaired) electrons. The van der Waals surface area contributed by atoms with Crippen molar-refractivity contribution in [3.63, 3.8) is 0 Å². The number of hydrogen-bond acceptors (Lipinski definition) is 2. The molecule has 0 amide bonds. The van der Waals surface area contributed by atoms with E-state index in [1.165, 1.54) is 32.3 Å². The molecule has 0 aliphatic heterocycles. The Morgan fingerprint density at radius 1 is 0.381 bits per heavy atom. The summed E-state index contributed by atoms with van der Waals surface area (Å²) >= 11 is 0. The molecule has 2 nitrogen and oxygen atoms in total. The van der Waals surface area contributed by atoms with Gasteiger partial charge in [-0.05, 0) is 74.8 Å². The van der Waals surface area contributed by atoms with E-state index >= 15 is 0 Å². The normalized spacial score (nSPS) is 11.8. The van der Waals surface area contributed by atoms with Gasteiger partial charge in [-0.2, -0.15) is 0 Å². The Hall–Kier alpha value is -5.60. The molecule has 0 saturated carbocycles. The standard InChI is InChI=1S/C40H25NO/c1-2-11-29(12-3-1)41(30-22-20-27-21-23-35-33-15-8-9-17-38(33)42-40(35)36(27)25-30)37-24-28-19-18-26-10-4-5-13-31(26)39(28)34-16-7-6-14-32(34)37/h1-25H. The van der Waals surface area contributed by atoms with Crippen molar-refractivity contribution in [1.29, 1.82) is 0 Å². The first-order chi connectivity index (χ1) is 20.8. The lowest BCUT2D eigenvalue weighted by molar-refractivity contribution is 0.672. The predicted octanol–water partition coefficient (Wildman–Crippen LogP) is 11.7. The maximum Gasteiger partial charge on any atom is 0.143 e. The van der Waals surface area contributed by atoms with Crippen LogP contribution in [-0.4, -0.2) is 0 Å². The van der Waals surface area contributed by atoms with Crippen LogP contribution in [0.1, 0.15) is 0 Å². The molecule has 0 aliphatic rings. The minimum atomic E-state index is 0.915. The molecular formula is C40H25NO. The van der Waals surface area contributed by atoms with Crippen molar-refractivity contribution in [2.75, 3.05) is 4.90 Å². The molecule has 0 spiro atoms. The first-order valence-corrected chi connectivity index (χ1v) is 14.4. The smallest absolute Gasteiger partial charge is 0.143 e. The van der Waals surface area contributed by atoms with Gasteiger partial charge in [-0.25, -0.2) is 0 Å². The SMILES string of the molecule is c1ccc(N(c2ccc3ccc4c5ccccc5oc4c3c2)c2cc3ccc4ccccc4c3c3ccccc23)cc1. The van der Waals surface area contributed by atoms with E-state index in [1.54, 1.807) is 0 Å². The molecule has 0 fully saturated rings. The molecule has 2 heteroatoms. The molecular weight excluding hydrogens is 510 g/mol. The molecule has 0 aliphatic carbocycles. The van der Waals surface area contributed by atoms with Crippen molar-refractivity contribution in [2.24, 2.45) is 0 Å². The van der Waals surface area contributed by atoms with Gasteiger partial charge in [0.2, 0.25) is 0 Å². The molecule has 8 aromatic carbocycles. The van der Waals surface area contributed by atoms with Gasteiger partial charge in [0.1, 0.15) is 11.2 Å². The van der Waals surface area contributed by atoms with Gasteiger partial charge < -0.3 is 9.32 Å². The fourth-order valence-corrected chi connectivity index (χ4v) is 6.68. The highest BCUT2D eigenvalue weighted by Gasteiger charge is 2.19. The Morgan fingerprint density at radius 3 is 1.90 bits per heavy atom. The lowest BCUT2D eigenvalue weighted by Gasteiger charge is -2.28. The van der Waals surface area contributed by atoms with E-state index in [2.05, 4.69) is 144 Å². The molecule has 0 atom stereocenters. The lowest BCUT2D eigenvalue weighted by Crippen LogP contribution is -2.10. The third kappa shape index (κ3) is 3.39. The second-order valence-electron chi connectivity index (χ2n) is 10.9. The summed E-state index contributed by atoms with van der Waals surface area (Å²) in [6.07, 6.45) is 0. The quantitative estimate of drug-likeness (QED) is 0.209. The number of anilines is 3. The van der Waals surface area contributed by atoms with E-state index in [0.717, 1.165) is 49.8 Å². The molecule has 196 valence electrons. The molecule has 1 aromatic heterocycles. The monoisotopic (exact) mass is 535 g/mol. The van der Waals surface area contributed by atoms with Gasteiger partial charge in [0.05, 0.1) is 5.69 Å². The third-order valence-electron chi connectivity index (χ3n) is 8.58. The molecule has 9 rings (SSSR count). The number of hydrogen-bond donors (Lipinski definition) is 0. The van der Waals surface area contributed by atoms with E-state index in [-0.39, 0.29) is 0 Å². The summed E-state index contributed by atoms with van der Waals surface area (Å²) in [4.78, 5) is 2.39. The van der Waals surface area contributed by atoms with E-state index in [9.17, 15) is 0 Å². The summed E-state index contributed by atoms with van der Waals surface area (Å²) in [6, 6.07) is 54.4. The summed E-state index contributed by atoms with van der Waals surface area (Å²) in [5, 5.41) is 12.1. The van der Waals surface area contributed by atoms with Crippen LogP contribution in [0, 0.1) is 0 Å². The third-order valence-corrected chi connectivity index (χ3v) is 8.58. The van der Waals surface area contributed by atoms with E-state index < -0.39 is 0 Å². The van der Waals surface area contributed by atoms with Gasteiger partial charge in [0.25, 0.3) is 0 Å². The number of nitrogens with zero attached hydrogens (tertiary/aromatic N) is 1. The van der Waals surface area contributed by atoms with Crippen molar-refractivity contribution in [1.82, 2.24) is 0 Å².